The van der Waals surface area contributed by atoms with Gasteiger partial charge in [-0.05, 0) is 31.5 Å². The van der Waals surface area contributed by atoms with Gasteiger partial charge in [-0.3, -0.25) is 0 Å². The molecule has 1 unspecified atom stereocenters. The maximum Gasteiger partial charge on any atom is 0.122 e. The molecule has 0 saturated carbocycles. The van der Waals surface area contributed by atoms with Crippen molar-refractivity contribution in [1.29, 1.82) is 0 Å². The Morgan fingerprint density at radius 2 is 2.31 bits per heavy atom. The fourth-order valence-electron chi connectivity index (χ4n) is 1.24. The van der Waals surface area contributed by atoms with Crippen molar-refractivity contribution >= 4 is 11.9 Å². The number of nitrogens with zero attached hydrogens (tertiary/aromatic N) is 2. The van der Waals surface area contributed by atoms with Gasteiger partial charge in [0.25, 0.3) is 0 Å². The Hall–Kier alpha value is -1.35. The van der Waals surface area contributed by atoms with Crippen molar-refractivity contribution in [2.75, 3.05) is 5.17 Å². The first kappa shape index (κ1) is 8.26. The fraction of sp³-hybridized carbons (Fsp3) is 0.300. The second kappa shape index (κ2) is 3.18. The highest BCUT2D eigenvalue weighted by molar-refractivity contribution is 5.67. The monoisotopic (exact) mass is 176 g/mol. The second-order valence-corrected chi connectivity index (χ2v) is 3.19. The van der Waals surface area contributed by atoms with Crippen LogP contribution in [0.2, 0.25) is 0 Å². The van der Waals surface area contributed by atoms with Crippen LogP contribution in [0.15, 0.2) is 29.4 Å². The minimum Gasteiger partial charge on any atom is -0.243 e. The smallest absolute Gasteiger partial charge is 0.122 e. The van der Waals surface area contributed by atoms with Crippen LogP contribution in [0.25, 0.3) is 0 Å². The summed E-state index contributed by atoms with van der Waals surface area (Å²) in [4.78, 5) is 5.41. The minimum atomic E-state index is 0.0699. The lowest BCUT2D eigenvalue weighted by Crippen LogP contribution is -2.15. The highest BCUT2D eigenvalue weighted by atomic mass is 16.7. The second-order valence-electron chi connectivity index (χ2n) is 3.19. The molecule has 0 amide bonds. The van der Waals surface area contributed by atoms with Crippen LogP contribution in [0, 0.1) is 6.92 Å². The number of hydrogen-bond acceptors (Lipinski definition) is 3. The van der Waals surface area contributed by atoms with Crippen LogP contribution in [0.5, 0.6) is 0 Å². The first-order chi connectivity index (χ1) is 6.25. The SMILES string of the molecule is Cc1cccc(N2N=CC(C)O2)c1. The third kappa shape index (κ3) is 1.70. The molecular weight excluding hydrogens is 164 g/mol. The maximum atomic E-state index is 5.41. The van der Waals surface area contributed by atoms with Crippen LogP contribution in [-0.2, 0) is 4.84 Å². The Morgan fingerprint density at radius 3 is 2.92 bits per heavy atom. The van der Waals surface area contributed by atoms with Gasteiger partial charge in [-0.2, -0.15) is 5.10 Å². The van der Waals surface area contributed by atoms with E-state index in [1.807, 2.05) is 38.1 Å². The van der Waals surface area contributed by atoms with Gasteiger partial charge in [0.05, 0.1) is 11.9 Å². The van der Waals surface area contributed by atoms with Gasteiger partial charge in [0.2, 0.25) is 0 Å². The molecule has 0 bridgehead atoms. The average Bonchev–Trinajstić information content (AvgIpc) is 2.52. The van der Waals surface area contributed by atoms with Crippen molar-refractivity contribution in [2.24, 2.45) is 5.10 Å². The Bertz CT molecular complexity index is 335. The summed E-state index contributed by atoms with van der Waals surface area (Å²) in [6.45, 7) is 4.01. The molecule has 13 heavy (non-hydrogen) atoms. The molecule has 3 heteroatoms. The Kier molecular flexibility index (Phi) is 2.02. The van der Waals surface area contributed by atoms with E-state index in [1.54, 1.807) is 11.4 Å². The molecule has 0 radical (unpaired) electrons. The van der Waals surface area contributed by atoms with Gasteiger partial charge in [-0.25, -0.2) is 4.84 Å². The van der Waals surface area contributed by atoms with Crippen LogP contribution in [0.4, 0.5) is 5.69 Å². The quantitative estimate of drug-likeness (QED) is 0.654. The summed E-state index contributed by atoms with van der Waals surface area (Å²) < 4.78 is 0. The molecule has 2 rings (SSSR count). The average molecular weight is 176 g/mol. The van der Waals surface area contributed by atoms with Crippen molar-refractivity contribution in [1.82, 2.24) is 0 Å². The molecule has 0 aliphatic carbocycles. The molecule has 68 valence electrons. The van der Waals surface area contributed by atoms with Crippen LogP contribution in [-0.4, -0.2) is 12.3 Å². The van der Waals surface area contributed by atoms with E-state index in [-0.39, 0.29) is 6.10 Å². The molecule has 1 aliphatic heterocycles. The topological polar surface area (TPSA) is 24.8 Å². The summed E-state index contributed by atoms with van der Waals surface area (Å²) >= 11 is 0. The summed E-state index contributed by atoms with van der Waals surface area (Å²) in [7, 11) is 0. The minimum absolute atomic E-state index is 0.0699. The molecule has 1 heterocycles. The number of hydrogen-bond donors (Lipinski definition) is 0. The molecule has 0 saturated heterocycles. The van der Waals surface area contributed by atoms with Crippen molar-refractivity contribution < 1.29 is 4.84 Å². The van der Waals surface area contributed by atoms with Crippen molar-refractivity contribution in [2.45, 2.75) is 20.0 Å². The van der Waals surface area contributed by atoms with Gasteiger partial charge >= 0.3 is 0 Å². The van der Waals surface area contributed by atoms with E-state index in [1.165, 1.54) is 5.56 Å². The predicted octanol–water partition coefficient (Wildman–Crippen LogP) is 2.12. The molecule has 1 aromatic rings. The molecule has 0 N–H and O–H groups in total. The van der Waals surface area contributed by atoms with Crippen LogP contribution >= 0.6 is 0 Å². The largest absolute Gasteiger partial charge is 0.243 e. The lowest BCUT2D eigenvalue weighted by Gasteiger charge is -2.13. The lowest BCUT2D eigenvalue weighted by atomic mass is 10.2. The summed E-state index contributed by atoms with van der Waals surface area (Å²) in [6, 6.07) is 8.05. The summed E-state index contributed by atoms with van der Waals surface area (Å²) in [5.41, 5.74) is 2.18. The predicted molar refractivity (Wildman–Crippen MR) is 52.7 cm³/mol. The number of rotatable bonds is 1. The van der Waals surface area contributed by atoms with Gasteiger partial charge in [0.15, 0.2) is 0 Å². The molecule has 0 fully saturated rings. The Balaban J connectivity index is 2.22. The summed E-state index contributed by atoms with van der Waals surface area (Å²) in [5.74, 6) is 0. The van der Waals surface area contributed by atoms with E-state index >= 15 is 0 Å². The highest BCUT2D eigenvalue weighted by Crippen LogP contribution is 2.19. The van der Waals surface area contributed by atoms with Crippen LogP contribution in [0.1, 0.15) is 12.5 Å². The lowest BCUT2D eigenvalue weighted by molar-refractivity contribution is 0.109. The third-order valence-corrected chi connectivity index (χ3v) is 1.87. The molecule has 0 spiro atoms. The molecule has 1 atom stereocenters. The van der Waals surface area contributed by atoms with E-state index < -0.39 is 0 Å². The van der Waals surface area contributed by atoms with Crippen LogP contribution < -0.4 is 5.17 Å². The highest BCUT2D eigenvalue weighted by Gasteiger charge is 2.15. The van der Waals surface area contributed by atoms with Crippen molar-refractivity contribution in [3.05, 3.63) is 29.8 Å². The normalized spacial score (nSPS) is 21.1. The van der Waals surface area contributed by atoms with Gasteiger partial charge in [-0.1, -0.05) is 12.1 Å². The maximum absolute atomic E-state index is 5.41. The number of hydrazone groups is 1. The van der Waals surface area contributed by atoms with Gasteiger partial charge < -0.3 is 0 Å². The van der Waals surface area contributed by atoms with E-state index in [2.05, 4.69) is 5.10 Å². The molecule has 3 nitrogen and oxygen atoms in total. The fourth-order valence-corrected chi connectivity index (χ4v) is 1.24. The molecule has 1 aliphatic rings. The van der Waals surface area contributed by atoms with E-state index in [9.17, 15) is 0 Å². The number of benzene rings is 1. The number of anilines is 1. The number of aryl methyl sites for hydroxylation is 1. The molecular formula is C10H12N2O. The zero-order valence-corrected chi connectivity index (χ0v) is 7.77. The summed E-state index contributed by atoms with van der Waals surface area (Å²) in [5, 5.41) is 5.67. The van der Waals surface area contributed by atoms with E-state index in [0.717, 1.165) is 5.69 Å². The van der Waals surface area contributed by atoms with Crippen molar-refractivity contribution in [3.8, 4) is 0 Å². The summed E-state index contributed by atoms with van der Waals surface area (Å²) in [6.07, 6.45) is 1.85. The van der Waals surface area contributed by atoms with Gasteiger partial charge in [-0.15, -0.1) is 5.17 Å². The standard InChI is InChI=1S/C10H12N2O/c1-8-4-3-5-10(6-8)12-11-7-9(2)13-12/h3-7,9H,1-2H3. The Labute approximate surface area is 77.6 Å². The van der Waals surface area contributed by atoms with Crippen molar-refractivity contribution in [3.63, 3.8) is 0 Å². The zero-order valence-electron chi connectivity index (χ0n) is 7.77. The molecule has 0 aromatic heterocycles. The van der Waals surface area contributed by atoms with Gasteiger partial charge in [0, 0.05) is 0 Å². The third-order valence-electron chi connectivity index (χ3n) is 1.87. The van der Waals surface area contributed by atoms with E-state index in [4.69, 9.17) is 4.84 Å². The van der Waals surface area contributed by atoms with Gasteiger partial charge in [0.1, 0.15) is 6.10 Å². The van der Waals surface area contributed by atoms with E-state index in [0.29, 0.717) is 0 Å². The molecule has 1 aromatic carbocycles. The Morgan fingerprint density at radius 1 is 1.46 bits per heavy atom. The first-order valence-corrected chi connectivity index (χ1v) is 4.33. The zero-order chi connectivity index (χ0) is 9.26. The first-order valence-electron chi connectivity index (χ1n) is 4.33. The van der Waals surface area contributed by atoms with Crippen LogP contribution in [0.3, 0.4) is 0 Å².